The first-order chi connectivity index (χ1) is 9.55. The van der Waals surface area contributed by atoms with Gasteiger partial charge in [0.25, 0.3) is 0 Å². The van der Waals surface area contributed by atoms with E-state index in [-0.39, 0.29) is 11.1 Å². The van der Waals surface area contributed by atoms with E-state index in [2.05, 4.69) is 37.9 Å². The summed E-state index contributed by atoms with van der Waals surface area (Å²) in [6.45, 7) is 14.6. The molecule has 1 N–H and O–H groups in total. The molecule has 0 aliphatic carbocycles. The highest BCUT2D eigenvalue weighted by molar-refractivity contribution is 5.02. The zero-order valence-corrected chi connectivity index (χ0v) is 14.1. The van der Waals surface area contributed by atoms with E-state index in [1.54, 1.807) is 7.11 Å². The van der Waals surface area contributed by atoms with Crippen molar-refractivity contribution in [3.63, 3.8) is 0 Å². The van der Waals surface area contributed by atoms with Crippen LogP contribution < -0.4 is 5.32 Å². The summed E-state index contributed by atoms with van der Waals surface area (Å²) >= 11 is 0. The Morgan fingerprint density at radius 3 is 2.30 bits per heavy atom. The van der Waals surface area contributed by atoms with Crippen molar-refractivity contribution in [1.82, 2.24) is 10.2 Å². The smallest absolute Gasteiger partial charge is 0.0700 e. The molecule has 0 radical (unpaired) electrons. The van der Waals surface area contributed by atoms with E-state index in [0.29, 0.717) is 13.2 Å². The first-order valence-corrected chi connectivity index (χ1v) is 8.12. The van der Waals surface area contributed by atoms with Crippen LogP contribution in [0, 0.1) is 0 Å². The Bertz CT molecular complexity index is 269. The molecule has 4 heteroatoms. The fourth-order valence-electron chi connectivity index (χ4n) is 2.94. The Kier molecular flexibility index (Phi) is 7.45. The van der Waals surface area contributed by atoms with Crippen LogP contribution in [0.15, 0.2) is 0 Å². The lowest BCUT2D eigenvalue weighted by Crippen LogP contribution is -2.69. The van der Waals surface area contributed by atoms with E-state index in [1.165, 1.54) is 19.3 Å². The SMILES string of the molecule is CCC1(CC)CN(CCOCCOC)C(C)(CC)CN1. The van der Waals surface area contributed by atoms with Crippen LogP contribution in [0.5, 0.6) is 0 Å². The number of hydrogen-bond donors (Lipinski definition) is 1. The van der Waals surface area contributed by atoms with E-state index in [0.717, 1.165) is 26.2 Å². The molecule has 0 aromatic carbocycles. The molecule has 4 nitrogen and oxygen atoms in total. The van der Waals surface area contributed by atoms with Gasteiger partial charge in [0.1, 0.15) is 0 Å². The topological polar surface area (TPSA) is 33.7 Å². The Labute approximate surface area is 125 Å². The molecule has 1 atom stereocenters. The number of rotatable bonds is 9. The van der Waals surface area contributed by atoms with Gasteiger partial charge < -0.3 is 14.8 Å². The number of nitrogens with one attached hydrogen (secondary N) is 1. The minimum absolute atomic E-state index is 0.248. The molecule has 1 rings (SSSR count). The van der Waals surface area contributed by atoms with Crippen LogP contribution in [0.3, 0.4) is 0 Å². The number of hydrogen-bond acceptors (Lipinski definition) is 4. The van der Waals surface area contributed by atoms with Crippen LogP contribution in [0.1, 0.15) is 47.0 Å². The highest BCUT2D eigenvalue weighted by Gasteiger charge is 2.41. The number of methoxy groups -OCH3 is 1. The van der Waals surface area contributed by atoms with Crippen molar-refractivity contribution < 1.29 is 9.47 Å². The largest absolute Gasteiger partial charge is 0.382 e. The van der Waals surface area contributed by atoms with E-state index < -0.39 is 0 Å². The molecule has 20 heavy (non-hydrogen) atoms. The third-order valence-electron chi connectivity index (χ3n) is 5.15. The van der Waals surface area contributed by atoms with Gasteiger partial charge in [-0.1, -0.05) is 20.8 Å². The molecule has 1 unspecified atom stereocenters. The summed E-state index contributed by atoms with van der Waals surface area (Å²) in [7, 11) is 1.71. The molecule has 0 aromatic rings. The number of ether oxygens (including phenoxy) is 2. The summed E-state index contributed by atoms with van der Waals surface area (Å²) in [4.78, 5) is 2.63. The normalized spacial score (nSPS) is 26.9. The molecule has 120 valence electrons. The predicted octanol–water partition coefficient (Wildman–Crippen LogP) is 2.28. The lowest BCUT2D eigenvalue weighted by Gasteiger charge is -2.53. The Morgan fingerprint density at radius 2 is 1.75 bits per heavy atom. The third-order valence-corrected chi connectivity index (χ3v) is 5.15. The van der Waals surface area contributed by atoms with Gasteiger partial charge in [0.05, 0.1) is 19.8 Å². The van der Waals surface area contributed by atoms with Gasteiger partial charge in [0, 0.05) is 37.8 Å². The van der Waals surface area contributed by atoms with E-state index in [9.17, 15) is 0 Å². The molecule has 0 saturated carbocycles. The molecule has 1 aliphatic rings. The fraction of sp³-hybridized carbons (Fsp3) is 1.00. The van der Waals surface area contributed by atoms with Gasteiger partial charge in [-0.05, 0) is 26.2 Å². The lowest BCUT2D eigenvalue weighted by molar-refractivity contribution is -0.0170. The van der Waals surface area contributed by atoms with Crippen LogP contribution >= 0.6 is 0 Å². The van der Waals surface area contributed by atoms with E-state index in [1.807, 2.05) is 0 Å². The molecule has 0 bridgehead atoms. The molecule has 1 fully saturated rings. The van der Waals surface area contributed by atoms with Gasteiger partial charge in [-0.15, -0.1) is 0 Å². The Balaban J connectivity index is 2.56. The molecule has 0 amide bonds. The zero-order chi connectivity index (χ0) is 15.1. The second-order valence-electron chi connectivity index (χ2n) is 6.22. The monoisotopic (exact) mass is 286 g/mol. The second-order valence-corrected chi connectivity index (χ2v) is 6.22. The average Bonchev–Trinajstić information content (AvgIpc) is 2.49. The van der Waals surface area contributed by atoms with Crippen LogP contribution in [-0.2, 0) is 9.47 Å². The maximum Gasteiger partial charge on any atom is 0.0700 e. The van der Waals surface area contributed by atoms with Crippen LogP contribution in [0.25, 0.3) is 0 Å². The van der Waals surface area contributed by atoms with Crippen molar-refractivity contribution in [3.05, 3.63) is 0 Å². The minimum atomic E-state index is 0.248. The number of nitrogens with zero attached hydrogens (tertiary/aromatic N) is 1. The lowest BCUT2D eigenvalue weighted by atomic mass is 9.83. The first-order valence-electron chi connectivity index (χ1n) is 8.12. The van der Waals surface area contributed by atoms with Crippen LogP contribution in [0.4, 0.5) is 0 Å². The molecular weight excluding hydrogens is 252 g/mol. The average molecular weight is 286 g/mol. The highest BCUT2D eigenvalue weighted by atomic mass is 16.5. The summed E-state index contributed by atoms with van der Waals surface area (Å²) in [6.07, 6.45) is 3.54. The number of piperazine rings is 1. The molecule has 1 saturated heterocycles. The van der Waals surface area contributed by atoms with Crippen molar-refractivity contribution in [2.24, 2.45) is 0 Å². The fourth-order valence-corrected chi connectivity index (χ4v) is 2.94. The van der Waals surface area contributed by atoms with Crippen molar-refractivity contribution in [2.45, 2.75) is 58.0 Å². The van der Waals surface area contributed by atoms with Gasteiger partial charge in [-0.25, -0.2) is 0 Å². The van der Waals surface area contributed by atoms with E-state index >= 15 is 0 Å². The molecule has 0 aromatic heterocycles. The predicted molar refractivity (Wildman–Crippen MR) is 84.3 cm³/mol. The van der Waals surface area contributed by atoms with Gasteiger partial charge >= 0.3 is 0 Å². The van der Waals surface area contributed by atoms with Crippen molar-refractivity contribution in [3.8, 4) is 0 Å². The van der Waals surface area contributed by atoms with E-state index in [4.69, 9.17) is 9.47 Å². The first kappa shape index (κ1) is 17.9. The van der Waals surface area contributed by atoms with Gasteiger partial charge in [-0.3, -0.25) is 4.90 Å². The highest BCUT2D eigenvalue weighted by Crippen LogP contribution is 2.30. The quantitative estimate of drug-likeness (QED) is 0.659. The molecule has 1 aliphatic heterocycles. The summed E-state index contributed by atoms with van der Waals surface area (Å²) in [5.74, 6) is 0. The van der Waals surface area contributed by atoms with Gasteiger partial charge in [0.2, 0.25) is 0 Å². The zero-order valence-electron chi connectivity index (χ0n) is 14.1. The Hall–Kier alpha value is -0.160. The maximum absolute atomic E-state index is 5.66. The Morgan fingerprint density at radius 1 is 1.05 bits per heavy atom. The molecule has 0 spiro atoms. The van der Waals surface area contributed by atoms with Gasteiger partial charge in [-0.2, -0.15) is 0 Å². The summed E-state index contributed by atoms with van der Waals surface area (Å²) < 4.78 is 10.7. The second kappa shape index (κ2) is 8.32. The molecule has 1 heterocycles. The third kappa shape index (κ3) is 4.42. The minimum Gasteiger partial charge on any atom is -0.382 e. The summed E-state index contributed by atoms with van der Waals surface area (Å²) in [5, 5.41) is 3.81. The van der Waals surface area contributed by atoms with Crippen molar-refractivity contribution in [1.29, 1.82) is 0 Å². The maximum atomic E-state index is 5.66. The van der Waals surface area contributed by atoms with Crippen LogP contribution in [0.2, 0.25) is 0 Å². The summed E-state index contributed by atoms with van der Waals surface area (Å²) in [5.41, 5.74) is 0.527. The van der Waals surface area contributed by atoms with Crippen LogP contribution in [-0.4, -0.2) is 62.5 Å². The van der Waals surface area contributed by atoms with Crippen molar-refractivity contribution >= 4 is 0 Å². The summed E-state index contributed by atoms with van der Waals surface area (Å²) in [6, 6.07) is 0. The van der Waals surface area contributed by atoms with Gasteiger partial charge in [0.15, 0.2) is 0 Å². The standard InChI is InChI=1S/C16H34N2O2/c1-6-15(4)13-17-16(7-2,8-3)14-18(15)9-10-20-12-11-19-5/h17H,6-14H2,1-5H3. The molecular formula is C16H34N2O2. The van der Waals surface area contributed by atoms with Crippen molar-refractivity contribution in [2.75, 3.05) is 46.6 Å².